The number of benzene rings is 1. The van der Waals surface area contributed by atoms with Gasteiger partial charge in [0.15, 0.2) is 18.1 Å². The van der Waals surface area contributed by atoms with Gasteiger partial charge in [0.2, 0.25) is 0 Å². The molecule has 6 heteroatoms. The van der Waals surface area contributed by atoms with Crippen LogP contribution in [0.25, 0.3) is 0 Å². The molecule has 0 saturated carbocycles. The van der Waals surface area contributed by atoms with Crippen LogP contribution in [-0.4, -0.2) is 43.9 Å². The highest BCUT2D eigenvalue weighted by Gasteiger charge is 2.25. The smallest absolute Gasteiger partial charge is 0.174 e. The summed E-state index contributed by atoms with van der Waals surface area (Å²) in [6.07, 6.45) is -0.692. The Balaban J connectivity index is 1.86. The van der Waals surface area contributed by atoms with Gasteiger partial charge in [-0.25, -0.2) is 4.39 Å². The summed E-state index contributed by atoms with van der Waals surface area (Å²) >= 11 is 3.34. The van der Waals surface area contributed by atoms with Gasteiger partial charge in [-0.2, -0.15) is 5.26 Å². The molecule has 4 nitrogen and oxygen atoms in total. The van der Waals surface area contributed by atoms with E-state index in [-0.39, 0.29) is 6.61 Å². The molecular weight excluding hydrogens is 315 g/mol. The molecule has 1 saturated heterocycles. The largest absolute Gasteiger partial charge is 0.488 e. The van der Waals surface area contributed by atoms with Crippen LogP contribution in [0.4, 0.5) is 4.39 Å². The molecule has 1 heterocycles. The van der Waals surface area contributed by atoms with E-state index >= 15 is 0 Å². The van der Waals surface area contributed by atoms with Crippen molar-refractivity contribution in [1.82, 2.24) is 4.90 Å². The maximum Gasteiger partial charge on any atom is 0.174 e. The fourth-order valence-electron chi connectivity index (χ4n) is 1.80. The van der Waals surface area contributed by atoms with Crippen LogP contribution in [-0.2, 0) is 0 Å². The Hall–Kier alpha value is -1.32. The summed E-state index contributed by atoms with van der Waals surface area (Å²) in [5, 5.41) is 8.53. The van der Waals surface area contributed by atoms with Crippen LogP contribution in [0.1, 0.15) is 0 Å². The third-order valence-electron chi connectivity index (χ3n) is 2.78. The van der Waals surface area contributed by atoms with Gasteiger partial charge in [0, 0.05) is 24.1 Å². The van der Waals surface area contributed by atoms with Gasteiger partial charge in [-0.3, -0.25) is 4.90 Å². The zero-order chi connectivity index (χ0) is 13.7. The molecule has 0 N–H and O–H groups in total. The Kier molecular flexibility index (Phi) is 5.00. The summed E-state index contributed by atoms with van der Waals surface area (Å²) in [5.74, 6) is 1.12. The van der Waals surface area contributed by atoms with Gasteiger partial charge >= 0.3 is 0 Å². The number of alkyl halides is 1. The topological polar surface area (TPSA) is 45.5 Å². The quantitative estimate of drug-likeness (QED) is 0.804. The number of nitriles is 1. The van der Waals surface area contributed by atoms with Crippen molar-refractivity contribution < 1.29 is 13.9 Å². The van der Waals surface area contributed by atoms with E-state index in [4.69, 9.17) is 14.7 Å². The lowest BCUT2D eigenvalue weighted by Gasteiger charge is -2.33. The minimum atomic E-state index is -0.692. The first-order valence-corrected chi connectivity index (χ1v) is 6.77. The van der Waals surface area contributed by atoms with E-state index in [1.165, 1.54) is 0 Å². The van der Waals surface area contributed by atoms with Crippen LogP contribution in [0, 0.1) is 11.3 Å². The second kappa shape index (κ2) is 6.73. The average molecular weight is 329 g/mol. The molecule has 0 aliphatic carbocycles. The molecule has 1 aliphatic heterocycles. The molecule has 0 unspecified atom stereocenters. The average Bonchev–Trinajstić information content (AvgIpc) is 2.36. The van der Waals surface area contributed by atoms with E-state index in [2.05, 4.69) is 15.9 Å². The summed E-state index contributed by atoms with van der Waals surface area (Å²) in [5.41, 5.74) is 0. The van der Waals surface area contributed by atoms with Crippen LogP contribution in [0.3, 0.4) is 0 Å². The second-order valence-corrected chi connectivity index (χ2v) is 5.16. The molecule has 19 heavy (non-hydrogen) atoms. The van der Waals surface area contributed by atoms with Crippen molar-refractivity contribution in [3.05, 3.63) is 22.7 Å². The fourth-order valence-corrected chi connectivity index (χ4v) is 2.14. The molecule has 1 fully saturated rings. The molecule has 0 aromatic heterocycles. The summed E-state index contributed by atoms with van der Waals surface area (Å²) in [6.45, 7) is 2.11. The number of halogens is 2. The highest BCUT2D eigenvalue weighted by atomic mass is 79.9. The SMILES string of the molecule is N#CCOc1cc(Br)ccc1OCCN1CC(F)C1. The third-order valence-corrected chi connectivity index (χ3v) is 3.27. The van der Waals surface area contributed by atoms with Gasteiger partial charge in [0.05, 0.1) is 0 Å². The first kappa shape index (κ1) is 14.1. The van der Waals surface area contributed by atoms with E-state index in [1.807, 2.05) is 17.0 Å². The van der Waals surface area contributed by atoms with Gasteiger partial charge in [0.25, 0.3) is 0 Å². The normalized spacial score (nSPS) is 15.6. The molecular formula is C13H14BrFN2O2. The number of ether oxygens (including phenoxy) is 2. The summed E-state index contributed by atoms with van der Waals surface area (Å²) in [4.78, 5) is 1.99. The fraction of sp³-hybridized carbons (Fsp3) is 0.462. The predicted octanol–water partition coefficient (Wildman–Crippen LogP) is 2.38. The van der Waals surface area contributed by atoms with Crippen molar-refractivity contribution in [2.75, 3.05) is 32.8 Å². The molecule has 102 valence electrons. The van der Waals surface area contributed by atoms with Gasteiger partial charge in [-0.15, -0.1) is 0 Å². The lowest BCUT2D eigenvalue weighted by molar-refractivity contribution is 0.0535. The highest BCUT2D eigenvalue weighted by Crippen LogP contribution is 2.30. The second-order valence-electron chi connectivity index (χ2n) is 4.24. The molecule has 0 spiro atoms. The lowest BCUT2D eigenvalue weighted by atomic mass is 10.2. The Morgan fingerprint density at radius 1 is 1.37 bits per heavy atom. The summed E-state index contributed by atoms with van der Waals surface area (Å²) in [7, 11) is 0. The van der Waals surface area contributed by atoms with Crippen molar-refractivity contribution in [2.45, 2.75) is 6.17 Å². The monoisotopic (exact) mass is 328 g/mol. The standard InChI is InChI=1S/C13H14BrFN2O2/c14-10-1-2-12(13(7-10)18-5-3-16)19-6-4-17-8-11(15)9-17/h1-2,7,11H,4-6,8-9H2. The minimum Gasteiger partial charge on any atom is -0.488 e. The third kappa shape index (κ3) is 4.08. The Morgan fingerprint density at radius 3 is 2.84 bits per heavy atom. The van der Waals surface area contributed by atoms with Crippen molar-refractivity contribution in [3.8, 4) is 17.6 Å². The zero-order valence-corrected chi connectivity index (χ0v) is 11.9. The minimum absolute atomic E-state index is 0.0253. The van der Waals surface area contributed by atoms with E-state index in [0.717, 1.165) is 4.47 Å². The van der Waals surface area contributed by atoms with E-state index in [1.54, 1.807) is 12.1 Å². The van der Waals surface area contributed by atoms with Crippen LogP contribution in [0.15, 0.2) is 22.7 Å². The molecule has 0 atom stereocenters. The molecule has 0 radical (unpaired) electrons. The Labute approximate surface area is 119 Å². The summed E-state index contributed by atoms with van der Waals surface area (Å²) < 4.78 is 24.4. The van der Waals surface area contributed by atoms with Gasteiger partial charge in [-0.1, -0.05) is 15.9 Å². The number of hydrogen-bond donors (Lipinski definition) is 0. The first-order valence-electron chi connectivity index (χ1n) is 5.97. The van der Waals surface area contributed by atoms with Crippen LogP contribution in [0.5, 0.6) is 11.5 Å². The maximum absolute atomic E-state index is 12.6. The van der Waals surface area contributed by atoms with Gasteiger partial charge in [-0.05, 0) is 18.2 Å². The van der Waals surface area contributed by atoms with E-state index in [9.17, 15) is 4.39 Å². The number of nitrogens with zero attached hydrogens (tertiary/aromatic N) is 2. The summed E-state index contributed by atoms with van der Waals surface area (Å²) in [6, 6.07) is 7.30. The van der Waals surface area contributed by atoms with Crippen LogP contribution < -0.4 is 9.47 Å². The molecule has 0 bridgehead atoms. The molecule has 1 aromatic carbocycles. The molecule has 1 aliphatic rings. The molecule has 2 rings (SSSR count). The zero-order valence-electron chi connectivity index (χ0n) is 10.3. The maximum atomic E-state index is 12.6. The Bertz CT molecular complexity index is 472. The number of hydrogen-bond acceptors (Lipinski definition) is 4. The van der Waals surface area contributed by atoms with Crippen molar-refractivity contribution in [1.29, 1.82) is 5.26 Å². The van der Waals surface area contributed by atoms with Gasteiger partial charge in [0.1, 0.15) is 18.8 Å². The Morgan fingerprint density at radius 2 is 2.16 bits per heavy atom. The van der Waals surface area contributed by atoms with Gasteiger partial charge < -0.3 is 9.47 Å². The lowest BCUT2D eigenvalue weighted by Crippen LogP contribution is -2.49. The highest BCUT2D eigenvalue weighted by molar-refractivity contribution is 9.10. The van der Waals surface area contributed by atoms with Crippen LogP contribution >= 0.6 is 15.9 Å². The molecule has 1 aromatic rings. The first-order chi connectivity index (χ1) is 9.19. The predicted molar refractivity (Wildman–Crippen MR) is 72.1 cm³/mol. The van der Waals surface area contributed by atoms with E-state index < -0.39 is 6.17 Å². The van der Waals surface area contributed by atoms with Crippen molar-refractivity contribution in [3.63, 3.8) is 0 Å². The van der Waals surface area contributed by atoms with Crippen LogP contribution in [0.2, 0.25) is 0 Å². The van der Waals surface area contributed by atoms with Crippen molar-refractivity contribution in [2.24, 2.45) is 0 Å². The number of rotatable bonds is 6. The van der Waals surface area contributed by atoms with E-state index in [0.29, 0.717) is 37.7 Å². The number of likely N-dealkylation sites (tertiary alicyclic amines) is 1. The molecule has 0 amide bonds. The van der Waals surface area contributed by atoms with Crippen molar-refractivity contribution >= 4 is 15.9 Å².